The number of nitrogens with two attached hydrogens (primary N) is 1. The summed E-state index contributed by atoms with van der Waals surface area (Å²) in [5, 5.41) is 7.46. The first kappa shape index (κ1) is 12.6. The first-order valence-electron chi connectivity index (χ1n) is 5.33. The molecule has 1 heterocycles. The van der Waals surface area contributed by atoms with E-state index in [2.05, 4.69) is 20.9 Å². The van der Waals surface area contributed by atoms with Gasteiger partial charge >= 0.3 is 0 Å². The van der Waals surface area contributed by atoms with Gasteiger partial charge in [0.05, 0.1) is 11.8 Å². The molecule has 5 heteroatoms. The zero-order valence-corrected chi connectivity index (χ0v) is 11.1. The second-order valence-corrected chi connectivity index (χ2v) is 4.52. The number of halogens is 1. The second kappa shape index (κ2) is 5.64. The maximum Gasteiger partial charge on any atom is 0.148 e. The van der Waals surface area contributed by atoms with Crippen molar-refractivity contribution in [2.24, 2.45) is 5.73 Å². The van der Waals surface area contributed by atoms with Crippen molar-refractivity contribution in [1.29, 1.82) is 5.41 Å². The highest BCUT2D eigenvalue weighted by atomic mass is 79.9. The highest BCUT2D eigenvalue weighted by Gasteiger charge is 2.07. The van der Waals surface area contributed by atoms with Crippen molar-refractivity contribution in [3.63, 3.8) is 0 Å². The lowest BCUT2D eigenvalue weighted by atomic mass is 10.2. The fourth-order valence-corrected chi connectivity index (χ4v) is 1.89. The molecule has 1 aromatic carbocycles. The van der Waals surface area contributed by atoms with Crippen molar-refractivity contribution in [1.82, 2.24) is 4.98 Å². The van der Waals surface area contributed by atoms with E-state index in [9.17, 15) is 0 Å². The van der Waals surface area contributed by atoms with Crippen molar-refractivity contribution in [2.75, 3.05) is 0 Å². The Morgan fingerprint density at radius 2 is 2.11 bits per heavy atom. The van der Waals surface area contributed by atoms with Crippen LogP contribution in [0.5, 0.6) is 5.75 Å². The Bertz CT molecular complexity index is 572. The number of hydrogen-bond acceptors (Lipinski definition) is 3. The highest BCUT2D eigenvalue weighted by molar-refractivity contribution is 9.10. The van der Waals surface area contributed by atoms with Crippen molar-refractivity contribution in [3.05, 3.63) is 58.3 Å². The van der Waals surface area contributed by atoms with Gasteiger partial charge in [0.15, 0.2) is 0 Å². The van der Waals surface area contributed by atoms with Gasteiger partial charge in [-0.1, -0.05) is 34.1 Å². The summed E-state index contributed by atoms with van der Waals surface area (Å²) in [5.41, 5.74) is 7.06. The van der Waals surface area contributed by atoms with Gasteiger partial charge in [-0.25, -0.2) is 0 Å². The molecule has 92 valence electrons. The zero-order valence-electron chi connectivity index (χ0n) is 9.56. The summed E-state index contributed by atoms with van der Waals surface area (Å²) in [6.07, 6.45) is 3.15. The maximum absolute atomic E-state index is 7.46. The molecule has 0 aliphatic carbocycles. The first-order valence-corrected chi connectivity index (χ1v) is 6.12. The Hall–Kier alpha value is -1.88. The molecule has 0 unspecified atom stereocenters. The van der Waals surface area contributed by atoms with Crippen LogP contribution in [0.4, 0.5) is 0 Å². The smallest absolute Gasteiger partial charge is 0.148 e. The molecule has 0 radical (unpaired) electrons. The molecule has 0 fully saturated rings. The Balaban J connectivity index is 2.16. The fourth-order valence-electron chi connectivity index (χ4n) is 1.49. The number of nitrogens with zero attached hydrogens (tertiary/aromatic N) is 1. The third-order valence-corrected chi connectivity index (χ3v) is 3.19. The topological polar surface area (TPSA) is 72.0 Å². The molecule has 0 aliphatic heterocycles. The van der Waals surface area contributed by atoms with E-state index in [-0.39, 0.29) is 5.84 Å². The van der Waals surface area contributed by atoms with Crippen molar-refractivity contribution in [2.45, 2.75) is 6.61 Å². The minimum Gasteiger partial charge on any atom is -0.486 e. The molecule has 0 bridgehead atoms. The van der Waals surface area contributed by atoms with Crippen LogP contribution in [0.2, 0.25) is 0 Å². The summed E-state index contributed by atoms with van der Waals surface area (Å²) in [4.78, 5) is 3.97. The number of ether oxygens (including phenoxy) is 1. The summed E-state index contributed by atoms with van der Waals surface area (Å²) in [6, 6.07) is 9.47. The summed E-state index contributed by atoms with van der Waals surface area (Å²) >= 11 is 3.45. The number of nitrogen functional groups attached to an aromatic ring is 1. The molecule has 3 N–H and O–H groups in total. The van der Waals surface area contributed by atoms with Crippen LogP contribution in [-0.2, 0) is 6.61 Å². The van der Waals surface area contributed by atoms with Crippen LogP contribution >= 0.6 is 15.9 Å². The van der Waals surface area contributed by atoms with E-state index in [4.69, 9.17) is 15.9 Å². The Kier molecular flexibility index (Phi) is 3.94. The van der Waals surface area contributed by atoms with E-state index >= 15 is 0 Å². The number of amidine groups is 1. The first-order chi connectivity index (χ1) is 8.68. The van der Waals surface area contributed by atoms with Gasteiger partial charge in [-0.05, 0) is 12.1 Å². The lowest BCUT2D eigenvalue weighted by Gasteiger charge is -2.10. The summed E-state index contributed by atoms with van der Waals surface area (Å²) in [7, 11) is 0. The van der Waals surface area contributed by atoms with E-state index in [0.29, 0.717) is 17.9 Å². The van der Waals surface area contributed by atoms with Crippen LogP contribution in [0.1, 0.15) is 11.1 Å². The van der Waals surface area contributed by atoms with Crippen LogP contribution in [0, 0.1) is 5.41 Å². The zero-order chi connectivity index (χ0) is 13.0. The number of pyridine rings is 1. The minimum atomic E-state index is -0.0282. The third-order valence-electron chi connectivity index (χ3n) is 2.42. The predicted octanol–water partition coefficient (Wildman–Crippen LogP) is 2.71. The van der Waals surface area contributed by atoms with E-state index in [1.807, 2.05) is 24.3 Å². The summed E-state index contributed by atoms with van der Waals surface area (Å²) < 4.78 is 6.64. The standard InChI is InChI=1S/C13H12BrN3O/c14-11-4-2-1-3-9(11)8-18-12-7-17-6-5-10(12)13(15)16/h1-7H,8H2,(H3,15,16). The van der Waals surface area contributed by atoms with Crippen molar-refractivity contribution >= 4 is 21.8 Å². The fraction of sp³-hybridized carbons (Fsp3) is 0.0769. The lowest BCUT2D eigenvalue weighted by molar-refractivity contribution is 0.303. The van der Waals surface area contributed by atoms with E-state index in [1.54, 1.807) is 18.5 Å². The maximum atomic E-state index is 7.46. The number of aromatic nitrogens is 1. The molecule has 0 spiro atoms. The third kappa shape index (κ3) is 2.87. The van der Waals surface area contributed by atoms with Crippen LogP contribution in [0.3, 0.4) is 0 Å². The monoisotopic (exact) mass is 305 g/mol. The molecule has 0 aliphatic rings. The average Bonchev–Trinajstić information content (AvgIpc) is 2.38. The Morgan fingerprint density at radius 3 is 2.83 bits per heavy atom. The molecule has 2 rings (SSSR count). The molecule has 0 atom stereocenters. The molecule has 18 heavy (non-hydrogen) atoms. The molecule has 4 nitrogen and oxygen atoms in total. The van der Waals surface area contributed by atoms with Gasteiger partial charge in [0.25, 0.3) is 0 Å². The van der Waals surface area contributed by atoms with Gasteiger partial charge < -0.3 is 10.5 Å². The number of hydrogen-bond donors (Lipinski definition) is 2. The quantitative estimate of drug-likeness (QED) is 0.674. The molecular weight excluding hydrogens is 294 g/mol. The van der Waals surface area contributed by atoms with Crippen LogP contribution in [-0.4, -0.2) is 10.8 Å². The minimum absolute atomic E-state index is 0.0282. The van der Waals surface area contributed by atoms with Crippen molar-refractivity contribution in [3.8, 4) is 5.75 Å². The van der Waals surface area contributed by atoms with Gasteiger partial charge in [0.1, 0.15) is 18.2 Å². The Labute approximate surface area is 113 Å². The van der Waals surface area contributed by atoms with Crippen LogP contribution in [0.25, 0.3) is 0 Å². The molecular formula is C13H12BrN3O. The number of benzene rings is 1. The van der Waals surface area contributed by atoms with E-state index in [1.165, 1.54) is 0 Å². The average molecular weight is 306 g/mol. The van der Waals surface area contributed by atoms with Gasteiger partial charge in [-0.3, -0.25) is 10.4 Å². The van der Waals surface area contributed by atoms with Crippen LogP contribution < -0.4 is 10.5 Å². The second-order valence-electron chi connectivity index (χ2n) is 3.67. The molecule has 2 aromatic rings. The lowest BCUT2D eigenvalue weighted by Crippen LogP contribution is -2.13. The molecule has 0 saturated heterocycles. The normalized spacial score (nSPS) is 10.1. The molecule has 0 saturated carbocycles. The van der Waals surface area contributed by atoms with Gasteiger partial charge in [0, 0.05) is 16.2 Å². The summed E-state index contributed by atoms with van der Waals surface area (Å²) in [6.45, 7) is 0.396. The number of rotatable bonds is 4. The van der Waals surface area contributed by atoms with Gasteiger partial charge in [-0.2, -0.15) is 0 Å². The molecule has 0 amide bonds. The van der Waals surface area contributed by atoms with Gasteiger partial charge in [0.2, 0.25) is 0 Å². The van der Waals surface area contributed by atoms with Gasteiger partial charge in [-0.15, -0.1) is 0 Å². The van der Waals surface area contributed by atoms with Crippen LogP contribution in [0.15, 0.2) is 47.2 Å². The van der Waals surface area contributed by atoms with E-state index < -0.39 is 0 Å². The Morgan fingerprint density at radius 1 is 1.33 bits per heavy atom. The largest absolute Gasteiger partial charge is 0.486 e. The number of nitrogens with one attached hydrogen (secondary N) is 1. The van der Waals surface area contributed by atoms with Crippen molar-refractivity contribution < 1.29 is 4.74 Å². The SMILES string of the molecule is N=C(N)c1ccncc1OCc1ccccc1Br. The van der Waals surface area contributed by atoms with E-state index in [0.717, 1.165) is 10.0 Å². The predicted molar refractivity (Wildman–Crippen MR) is 73.7 cm³/mol. The molecule has 1 aromatic heterocycles. The highest BCUT2D eigenvalue weighted by Crippen LogP contribution is 2.20. The summed E-state index contributed by atoms with van der Waals surface area (Å²) in [5.74, 6) is 0.486.